The number of carbonyl (C=O) groups excluding carboxylic acids is 1. The van der Waals surface area contributed by atoms with Crippen LogP contribution in [0, 0.1) is 16.0 Å². The van der Waals surface area contributed by atoms with Crippen LogP contribution in [-0.2, 0) is 11.8 Å². The Balaban J connectivity index is 0.00000208. The van der Waals surface area contributed by atoms with E-state index >= 15 is 0 Å². The third-order valence-corrected chi connectivity index (χ3v) is 4.03. The maximum absolute atomic E-state index is 12.5. The highest BCUT2D eigenvalue weighted by Crippen LogP contribution is 2.29. The van der Waals surface area contributed by atoms with E-state index in [4.69, 9.17) is 0 Å². The number of nitrogens with zero attached hydrogens (tertiary/aromatic N) is 3. The van der Waals surface area contributed by atoms with Crippen molar-refractivity contribution in [1.29, 1.82) is 0 Å². The lowest BCUT2D eigenvalue weighted by Crippen LogP contribution is -2.28. The zero-order chi connectivity index (χ0) is 16.4. The van der Waals surface area contributed by atoms with Crippen LogP contribution in [0.25, 0.3) is 0 Å². The van der Waals surface area contributed by atoms with Gasteiger partial charge in [-0.05, 0) is 11.6 Å². The number of aromatic nitrogens is 2. The van der Waals surface area contributed by atoms with Gasteiger partial charge in [0.15, 0.2) is 0 Å². The molecule has 128 valence electrons. The lowest BCUT2D eigenvalue weighted by molar-refractivity contribution is -0.384. The van der Waals surface area contributed by atoms with E-state index in [2.05, 4.69) is 15.7 Å². The number of benzene rings is 1. The highest BCUT2D eigenvalue weighted by molar-refractivity contribution is 5.93. The molecule has 2 aromatic rings. The van der Waals surface area contributed by atoms with Gasteiger partial charge in [0.2, 0.25) is 5.91 Å². The minimum atomic E-state index is -0.481. The van der Waals surface area contributed by atoms with Crippen molar-refractivity contribution in [2.75, 3.05) is 18.4 Å². The fourth-order valence-electron chi connectivity index (χ4n) is 2.87. The van der Waals surface area contributed by atoms with Gasteiger partial charge >= 0.3 is 0 Å². The molecule has 0 aliphatic carbocycles. The van der Waals surface area contributed by atoms with E-state index in [-0.39, 0.29) is 35.8 Å². The Morgan fingerprint density at radius 2 is 2.25 bits per heavy atom. The van der Waals surface area contributed by atoms with Gasteiger partial charge in [-0.1, -0.05) is 6.07 Å². The summed E-state index contributed by atoms with van der Waals surface area (Å²) in [6.07, 6.45) is 3.68. The van der Waals surface area contributed by atoms with Crippen molar-refractivity contribution in [1.82, 2.24) is 15.1 Å². The molecule has 9 heteroatoms. The van der Waals surface area contributed by atoms with E-state index in [1.165, 1.54) is 12.1 Å². The van der Waals surface area contributed by atoms with Crippen molar-refractivity contribution in [3.05, 3.63) is 52.3 Å². The first-order valence-corrected chi connectivity index (χ1v) is 7.29. The normalized spacial score (nSPS) is 19.5. The molecule has 2 N–H and O–H groups in total. The van der Waals surface area contributed by atoms with Crippen LogP contribution >= 0.6 is 12.4 Å². The van der Waals surface area contributed by atoms with Gasteiger partial charge in [-0.3, -0.25) is 19.6 Å². The van der Waals surface area contributed by atoms with Gasteiger partial charge in [-0.25, -0.2) is 0 Å². The van der Waals surface area contributed by atoms with Gasteiger partial charge in [-0.15, -0.1) is 12.4 Å². The van der Waals surface area contributed by atoms with E-state index in [1.807, 2.05) is 13.2 Å². The van der Waals surface area contributed by atoms with Crippen LogP contribution < -0.4 is 10.6 Å². The summed E-state index contributed by atoms with van der Waals surface area (Å²) >= 11 is 0. The molecular weight excluding hydrogens is 334 g/mol. The van der Waals surface area contributed by atoms with Crippen LogP contribution in [0.15, 0.2) is 36.7 Å². The molecule has 1 aliphatic heterocycles. The predicted molar refractivity (Wildman–Crippen MR) is 91.3 cm³/mol. The lowest BCUT2D eigenvalue weighted by Gasteiger charge is -2.17. The number of nitro benzene ring substituents is 1. The van der Waals surface area contributed by atoms with Crippen molar-refractivity contribution in [3.8, 4) is 0 Å². The van der Waals surface area contributed by atoms with E-state index in [0.29, 0.717) is 18.8 Å². The Hall–Kier alpha value is -2.45. The Labute approximate surface area is 144 Å². The number of nitrogens with one attached hydrogen (secondary N) is 2. The van der Waals surface area contributed by atoms with Gasteiger partial charge < -0.3 is 10.6 Å². The number of hydrogen-bond donors (Lipinski definition) is 2. The molecular formula is C15H18ClN5O3. The summed E-state index contributed by atoms with van der Waals surface area (Å²) in [7, 11) is 1.84. The number of carbonyl (C=O) groups is 1. The van der Waals surface area contributed by atoms with Crippen LogP contribution in [0.1, 0.15) is 11.5 Å². The number of non-ortho nitro benzene ring substituents is 1. The number of anilines is 1. The van der Waals surface area contributed by atoms with Crippen LogP contribution in [-0.4, -0.2) is 33.7 Å². The molecule has 1 aliphatic rings. The number of aryl methyl sites for hydroxylation is 1. The average Bonchev–Trinajstić information content (AvgIpc) is 3.15. The number of halogens is 1. The maximum atomic E-state index is 12.5. The quantitative estimate of drug-likeness (QED) is 0.644. The molecule has 1 saturated heterocycles. The molecule has 1 amide bonds. The molecule has 2 heterocycles. The first kappa shape index (κ1) is 17.9. The van der Waals surface area contributed by atoms with Gasteiger partial charge in [-0.2, -0.15) is 5.10 Å². The van der Waals surface area contributed by atoms with Gasteiger partial charge in [0.05, 0.1) is 17.0 Å². The fourth-order valence-corrected chi connectivity index (χ4v) is 2.87. The Morgan fingerprint density at radius 1 is 1.46 bits per heavy atom. The monoisotopic (exact) mass is 351 g/mol. The van der Waals surface area contributed by atoms with Gasteiger partial charge in [0, 0.05) is 50.1 Å². The third-order valence-electron chi connectivity index (χ3n) is 4.03. The summed E-state index contributed by atoms with van der Waals surface area (Å²) in [5, 5.41) is 21.0. The minimum absolute atomic E-state index is 0. The number of rotatable bonds is 4. The molecule has 2 atom stereocenters. The SMILES string of the molecule is Cl.Cn1cc([C@H]2CNC[C@@H]2C(=O)Nc2cccc([N+](=O)[O-])c2)cn1. The maximum Gasteiger partial charge on any atom is 0.271 e. The first-order chi connectivity index (χ1) is 11.0. The van der Waals surface area contributed by atoms with Gasteiger partial charge in [0.1, 0.15) is 0 Å². The standard InChI is InChI=1S/C15H17N5O3.ClH/c1-19-9-10(6-17-19)13-7-16-8-14(13)15(21)18-11-3-2-4-12(5-11)20(22)23;/h2-6,9,13-14,16H,7-8H2,1H3,(H,18,21);1H/t13-,14+;/m1./s1. The summed E-state index contributed by atoms with van der Waals surface area (Å²) in [6, 6.07) is 5.95. The minimum Gasteiger partial charge on any atom is -0.326 e. The Morgan fingerprint density at radius 3 is 2.92 bits per heavy atom. The topological polar surface area (TPSA) is 102 Å². The molecule has 1 fully saturated rings. The second-order valence-electron chi connectivity index (χ2n) is 5.62. The molecule has 0 saturated carbocycles. The molecule has 24 heavy (non-hydrogen) atoms. The second kappa shape index (κ2) is 7.41. The van der Waals surface area contributed by atoms with Crippen LogP contribution in [0.5, 0.6) is 0 Å². The highest BCUT2D eigenvalue weighted by atomic mass is 35.5. The van der Waals surface area contributed by atoms with Crippen molar-refractivity contribution in [2.24, 2.45) is 13.0 Å². The summed E-state index contributed by atoms with van der Waals surface area (Å²) in [5.74, 6) is -0.342. The summed E-state index contributed by atoms with van der Waals surface area (Å²) in [4.78, 5) is 22.9. The van der Waals surface area contributed by atoms with Crippen molar-refractivity contribution in [2.45, 2.75) is 5.92 Å². The molecule has 1 aromatic carbocycles. The second-order valence-corrected chi connectivity index (χ2v) is 5.62. The van der Waals surface area contributed by atoms with Crippen molar-refractivity contribution in [3.63, 3.8) is 0 Å². The van der Waals surface area contributed by atoms with Crippen molar-refractivity contribution >= 4 is 29.7 Å². The molecule has 0 unspecified atom stereocenters. The molecule has 8 nitrogen and oxygen atoms in total. The molecule has 0 spiro atoms. The van der Waals surface area contributed by atoms with Crippen LogP contribution in [0.3, 0.4) is 0 Å². The zero-order valence-electron chi connectivity index (χ0n) is 13.0. The lowest BCUT2D eigenvalue weighted by atomic mass is 9.90. The largest absolute Gasteiger partial charge is 0.326 e. The molecule has 0 bridgehead atoms. The van der Waals surface area contributed by atoms with E-state index < -0.39 is 4.92 Å². The number of hydrogen-bond acceptors (Lipinski definition) is 5. The summed E-state index contributed by atoms with van der Waals surface area (Å²) in [5.41, 5.74) is 1.40. The predicted octanol–water partition coefficient (Wildman–Crippen LogP) is 1.69. The van der Waals surface area contributed by atoms with Gasteiger partial charge in [0.25, 0.3) is 5.69 Å². The van der Waals surface area contributed by atoms with E-state index in [0.717, 1.165) is 5.56 Å². The Kier molecular flexibility index (Phi) is 5.53. The average molecular weight is 352 g/mol. The van der Waals surface area contributed by atoms with Crippen LogP contribution in [0.4, 0.5) is 11.4 Å². The summed E-state index contributed by atoms with van der Waals surface area (Å²) in [6.45, 7) is 1.28. The van der Waals surface area contributed by atoms with Crippen molar-refractivity contribution < 1.29 is 9.72 Å². The van der Waals surface area contributed by atoms with Crippen LogP contribution in [0.2, 0.25) is 0 Å². The zero-order valence-corrected chi connectivity index (χ0v) is 13.8. The molecule has 3 rings (SSSR count). The first-order valence-electron chi connectivity index (χ1n) is 7.29. The van der Waals surface area contributed by atoms with E-state index in [1.54, 1.807) is 23.0 Å². The Bertz CT molecular complexity index is 748. The smallest absolute Gasteiger partial charge is 0.271 e. The number of nitro groups is 1. The summed E-state index contributed by atoms with van der Waals surface area (Å²) < 4.78 is 1.71. The molecule has 1 aromatic heterocycles. The highest BCUT2D eigenvalue weighted by Gasteiger charge is 2.34. The molecule has 0 radical (unpaired) electrons. The fraction of sp³-hybridized carbons (Fsp3) is 0.333. The van der Waals surface area contributed by atoms with E-state index in [9.17, 15) is 14.9 Å². The number of amides is 1. The third kappa shape index (κ3) is 3.72.